The zero-order valence-electron chi connectivity index (χ0n) is 13.3. The van der Waals surface area contributed by atoms with E-state index in [4.69, 9.17) is 23.2 Å². The number of aliphatic hydroxyl groups excluding tert-OH is 1. The average molecular weight is 353 g/mol. The Morgan fingerprint density at radius 2 is 2.00 bits per heavy atom. The summed E-state index contributed by atoms with van der Waals surface area (Å²) < 4.78 is 0. The number of hydrogen-bond acceptors (Lipinski definition) is 3. The van der Waals surface area contributed by atoms with Crippen LogP contribution in [0.1, 0.15) is 30.5 Å². The fraction of sp³-hybridized carbons (Fsp3) is 0.389. The zero-order valence-corrected chi connectivity index (χ0v) is 14.8. The maximum absolute atomic E-state index is 9.85. The third-order valence-electron chi connectivity index (χ3n) is 3.87. The number of rotatable bonds is 8. The highest BCUT2D eigenvalue weighted by molar-refractivity contribution is 6.42. The van der Waals surface area contributed by atoms with E-state index in [0.29, 0.717) is 10.0 Å². The van der Waals surface area contributed by atoms with Crippen LogP contribution in [0.15, 0.2) is 42.7 Å². The molecule has 0 saturated heterocycles. The molecular weight excluding hydrogens is 331 g/mol. The maximum Gasteiger partial charge on any atom is 0.0629 e. The molecule has 23 heavy (non-hydrogen) atoms. The van der Waals surface area contributed by atoms with Crippen LogP contribution in [0.3, 0.4) is 0 Å². The molecule has 1 heterocycles. The van der Waals surface area contributed by atoms with Crippen molar-refractivity contribution in [2.24, 2.45) is 0 Å². The number of benzene rings is 1. The third-order valence-corrected chi connectivity index (χ3v) is 4.60. The minimum atomic E-state index is -0.0357. The van der Waals surface area contributed by atoms with E-state index in [2.05, 4.69) is 16.8 Å². The molecule has 0 radical (unpaired) electrons. The second kappa shape index (κ2) is 9.24. The first-order valence-corrected chi connectivity index (χ1v) is 8.60. The summed E-state index contributed by atoms with van der Waals surface area (Å²) >= 11 is 12.0. The predicted molar refractivity (Wildman–Crippen MR) is 96.1 cm³/mol. The van der Waals surface area contributed by atoms with Crippen LogP contribution in [0.4, 0.5) is 0 Å². The molecule has 0 saturated carbocycles. The van der Waals surface area contributed by atoms with Crippen molar-refractivity contribution >= 4 is 23.2 Å². The van der Waals surface area contributed by atoms with E-state index in [0.717, 1.165) is 37.1 Å². The van der Waals surface area contributed by atoms with Crippen molar-refractivity contribution in [1.82, 2.24) is 9.88 Å². The lowest BCUT2D eigenvalue weighted by molar-refractivity contribution is 0.124. The predicted octanol–water partition coefficient (Wildman–Crippen LogP) is 4.38. The van der Waals surface area contributed by atoms with Crippen molar-refractivity contribution in [3.05, 3.63) is 63.9 Å². The van der Waals surface area contributed by atoms with Crippen LogP contribution in [-0.4, -0.2) is 34.7 Å². The van der Waals surface area contributed by atoms with Gasteiger partial charge in [0.05, 0.1) is 22.7 Å². The molecule has 0 unspecified atom stereocenters. The number of nitrogens with zero attached hydrogens (tertiary/aromatic N) is 2. The van der Waals surface area contributed by atoms with E-state index >= 15 is 0 Å². The molecule has 2 aromatic rings. The fourth-order valence-electron chi connectivity index (χ4n) is 2.68. The Kier molecular flexibility index (Phi) is 7.31. The first-order chi connectivity index (χ1) is 11.2. The standard InChI is InChI=1S/C18H22Cl2N2O/c1-2-9-22(18(13-23)15-4-3-8-21-12-15)10-7-14-5-6-16(19)17(20)11-14/h3-6,8,11-12,18,23H,2,7,9-10,13H2,1H3/t18-/m1/s1. The monoisotopic (exact) mass is 352 g/mol. The summed E-state index contributed by atoms with van der Waals surface area (Å²) in [6.07, 6.45) is 5.45. The summed E-state index contributed by atoms with van der Waals surface area (Å²) in [6, 6.07) is 9.61. The van der Waals surface area contributed by atoms with Gasteiger partial charge in [-0.15, -0.1) is 0 Å². The van der Waals surface area contributed by atoms with Crippen LogP contribution in [0.5, 0.6) is 0 Å². The van der Waals surface area contributed by atoms with Gasteiger partial charge in [0, 0.05) is 18.9 Å². The summed E-state index contributed by atoms with van der Waals surface area (Å²) in [5.41, 5.74) is 2.18. The lowest BCUT2D eigenvalue weighted by Crippen LogP contribution is -2.33. The van der Waals surface area contributed by atoms with Gasteiger partial charge in [-0.3, -0.25) is 9.88 Å². The summed E-state index contributed by atoms with van der Waals surface area (Å²) in [7, 11) is 0. The lowest BCUT2D eigenvalue weighted by Gasteiger charge is -2.30. The van der Waals surface area contributed by atoms with Crippen LogP contribution < -0.4 is 0 Å². The van der Waals surface area contributed by atoms with Crippen LogP contribution in [0.25, 0.3) is 0 Å². The van der Waals surface area contributed by atoms with Gasteiger partial charge in [0.15, 0.2) is 0 Å². The first-order valence-electron chi connectivity index (χ1n) is 7.84. The minimum absolute atomic E-state index is 0.0357. The zero-order chi connectivity index (χ0) is 16.7. The Morgan fingerprint density at radius 3 is 2.61 bits per heavy atom. The molecule has 1 atom stereocenters. The molecule has 0 bridgehead atoms. The van der Waals surface area contributed by atoms with Crippen LogP contribution >= 0.6 is 23.2 Å². The van der Waals surface area contributed by atoms with E-state index in [-0.39, 0.29) is 12.6 Å². The van der Waals surface area contributed by atoms with E-state index in [1.807, 2.05) is 36.5 Å². The smallest absolute Gasteiger partial charge is 0.0629 e. The van der Waals surface area contributed by atoms with Gasteiger partial charge in [0.25, 0.3) is 0 Å². The molecule has 0 aliphatic heterocycles. The van der Waals surface area contributed by atoms with E-state index in [1.54, 1.807) is 6.20 Å². The number of aliphatic hydroxyl groups is 1. The number of pyridine rings is 1. The molecule has 0 amide bonds. The van der Waals surface area contributed by atoms with Gasteiger partial charge in [-0.25, -0.2) is 0 Å². The number of hydrogen-bond donors (Lipinski definition) is 1. The Labute approximate surface area is 147 Å². The van der Waals surface area contributed by atoms with Crippen molar-refractivity contribution in [2.45, 2.75) is 25.8 Å². The topological polar surface area (TPSA) is 36.4 Å². The molecule has 0 fully saturated rings. The second-order valence-electron chi connectivity index (χ2n) is 5.52. The van der Waals surface area contributed by atoms with Crippen molar-refractivity contribution in [3.8, 4) is 0 Å². The molecule has 0 aliphatic rings. The quantitative estimate of drug-likeness (QED) is 0.765. The molecule has 3 nitrogen and oxygen atoms in total. The van der Waals surface area contributed by atoms with E-state index in [9.17, 15) is 5.11 Å². The number of aromatic nitrogens is 1. The molecule has 124 valence electrons. The van der Waals surface area contributed by atoms with Crippen molar-refractivity contribution in [1.29, 1.82) is 0 Å². The van der Waals surface area contributed by atoms with Gasteiger partial charge in [0.2, 0.25) is 0 Å². The SMILES string of the molecule is CCCN(CCc1ccc(Cl)c(Cl)c1)[C@H](CO)c1cccnc1. The minimum Gasteiger partial charge on any atom is -0.394 e. The molecular formula is C18H22Cl2N2O. The average Bonchev–Trinajstić information content (AvgIpc) is 2.57. The Morgan fingerprint density at radius 1 is 1.17 bits per heavy atom. The normalized spacial score (nSPS) is 12.6. The molecule has 2 rings (SSSR count). The van der Waals surface area contributed by atoms with E-state index in [1.165, 1.54) is 0 Å². The third kappa shape index (κ3) is 5.18. The summed E-state index contributed by atoms with van der Waals surface area (Å²) in [5.74, 6) is 0. The molecule has 5 heteroatoms. The molecule has 0 aliphatic carbocycles. The van der Waals surface area contributed by atoms with Gasteiger partial charge in [-0.1, -0.05) is 42.3 Å². The van der Waals surface area contributed by atoms with Crippen molar-refractivity contribution in [2.75, 3.05) is 19.7 Å². The first kappa shape index (κ1) is 18.2. The fourth-order valence-corrected chi connectivity index (χ4v) is 3.00. The van der Waals surface area contributed by atoms with Crippen molar-refractivity contribution in [3.63, 3.8) is 0 Å². The molecule has 0 spiro atoms. The van der Waals surface area contributed by atoms with E-state index < -0.39 is 0 Å². The van der Waals surface area contributed by atoms with Gasteiger partial charge in [0.1, 0.15) is 0 Å². The van der Waals surface area contributed by atoms with Crippen LogP contribution in [0.2, 0.25) is 10.0 Å². The largest absolute Gasteiger partial charge is 0.394 e. The van der Waals surface area contributed by atoms with Crippen LogP contribution in [-0.2, 0) is 6.42 Å². The number of halogens is 2. The second-order valence-corrected chi connectivity index (χ2v) is 6.33. The Bertz CT molecular complexity index is 607. The maximum atomic E-state index is 9.85. The molecule has 1 aromatic heterocycles. The Hall–Kier alpha value is -1.13. The van der Waals surface area contributed by atoms with Gasteiger partial charge in [-0.2, -0.15) is 0 Å². The highest BCUT2D eigenvalue weighted by Crippen LogP contribution is 2.24. The van der Waals surface area contributed by atoms with Gasteiger partial charge >= 0.3 is 0 Å². The Balaban J connectivity index is 2.09. The summed E-state index contributed by atoms with van der Waals surface area (Å²) in [6.45, 7) is 3.98. The highest BCUT2D eigenvalue weighted by atomic mass is 35.5. The van der Waals surface area contributed by atoms with Gasteiger partial charge in [-0.05, 0) is 48.7 Å². The molecule has 1 N–H and O–H groups in total. The van der Waals surface area contributed by atoms with Crippen molar-refractivity contribution < 1.29 is 5.11 Å². The highest BCUT2D eigenvalue weighted by Gasteiger charge is 2.19. The van der Waals surface area contributed by atoms with Crippen LogP contribution in [0, 0.1) is 0 Å². The molecule has 1 aromatic carbocycles. The summed E-state index contributed by atoms with van der Waals surface area (Å²) in [4.78, 5) is 6.46. The summed E-state index contributed by atoms with van der Waals surface area (Å²) in [5, 5.41) is 11.0. The lowest BCUT2D eigenvalue weighted by atomic mass is 10.1. The van der Waals surface area contributed by atoms with Gasteiger partial charge < -0.3 is 5.11 Å².